The first-order valence-corrected chi connectivity index (χ1v) is 4.34. The molecule has 0 atom stereocenters. The summed E-state index contributed by atoms with van der Waals surface area (Å²) in [5, 5.41) is 3.03. The fourth-order valence-corrected chi connectivity index (χ4v) is 0.727. The number of hydrogen-bond acceptors (Lipinski definition) is 3. The molecule has 0 heterocycles. The summed E-state index contributed by atoms with van der Waals surface area (Å²) < 4.78 is 5.22. The normalized spacial score (nSPS) is 9.92. The van der Waals surface area contributed by atoms with E-state index in [-0.39, 0.29) is 5.91 Å². The first-order valence-electron chi connectivity index (χ1n) is 4.34. The second-order valence-corrected chi connectivity index (χ2v) is 2.98. The highest BCUT2D eigenvalue weighted by Gasteiger charge is 1.93. The topological polar surface area (TPSA) is 64.3 Å². The van der Waals surface area contributed by atoms with Crippen molar-refractivity contribution in [3.8, 4) is 0 Å². The van der Waals surface area contributed by atoms with Crippen LogP contribution in [0.3, 0.4) is 0 Å². The van der Waals surface area contributed by atoms with E-state index < -0.39 is 0 Å². The maximum absolute atomic E-state index is 10.3. The third-order valence-corrected chi connectivity index (χ3v) is 1.32. The van der Waals surface area contributed by atoms with Crippen molar-refractivity contribution < 1.29 is 9.53 Å². The van der Waals surface area contributed by atoms with E-state index in [1.165, 1.54) is 0 Å². The number of amides is 1. The Morgan fingerprint density at radius 3 is 2.77 bits per heavy atom. The van der Waals surface area contributed by atoms with Gasteiger partial charge in [0.1, 0.15) is 0 Å². The summed E-state index contributed by atoms with van der Waals surface area (Å²) in [5.74, 6) is -0.282. The Morgan fingerprint density at radius 1 is 1.54 bits per heavy atom. The summed E-state index contributed by atoms with van der Waals surface area (Å²) in [4.78, 5) is 10.3. The number of nitrogens with two attached hydrogens (primary N) is 1. The van der Waals surface area contributed by atoms with Gasteiger partial charge in [-0.05, 0) is 6.92 Å². The SMILES string of the molecule is C=C(C)COCCNCCC(N)=O. The summed E-state index contributed by atoms with van der Waals surface area (Å²) >= 11 is 0. The maximum atomic E-state index is 10.3. The molecule has 0 bridgehead atoms. The Morgan fingerprint density at radius 2 is 2.23 bits per heavy atom. The lowest BCUT2D eigenvalue weighted by Crippen LogP contribution is -2.25. The second-order valence-electron chi connectivity index (χ2n) is 2.98. The lowest BCUT2D eigenvalue weighted by molar-refractivity contribution is -0.117. The van der Waals surface area contributed by atoms with Crippen LogP contribution in [0.5, 0.6) is 0 Å². The van der Waals surface area contributed by atoms with Crippen LogP contribution in [0.15, 0.2) is 12.2 Å². The number of carbonyl (C=O) groups excluding carboxylic acids is 1. The molecule has 0 radical (unpaired) electrons. The summed E-state index contributed by atoms with van der Waals surface area (Å²) in [6.07, 6.45) is 0.375. The molecule has 0 fully saturated rings. The fourth-order valence-electron chi connectivity index (χ4n) is 0.727. The van der Waals surface area contributed by atoms with Crippen LogP contribution in [-0.4, -0.2) is 32.2 Å². The van der Waals surface area contributed by atoms with Crippen LogP contribution >= 0.6 is 0 Å². The molecular formula is C9H18N2O2. The van der Waals surface area contributed by atoms with Crippen molar-refractivity contribution in [2.24, 2.45) is 5.73 Å². The van der Waals surface area contributed by atoms with E-state index in [1.54, 1.807) is 0 Å². The van der Waals surface area contributed by atoms with Crippen LogP contribution in [-0.2, 0) is 9.53 Å². The fraction of sp³-hybridized carbons (Fsp3) is 0.667. The van der Waals surface area contributed by atoms with Gasteiger partial charge in [0.2, 0.25) is 5.91 Å². The van der Waals surface area contributed by atoms with E-state index in [4.69, 9.17) is 10.5 Å². The largest absolute Gasteiger partial charge is 0.376 e. The minimum atomic E-state index is -0.282. The van der Waals surface area contributed by atoms with Gasteiger partial charge in [0.15, 0.2) is 0 Å². The molecular weight excluding hydrogens is 168 g/mol. The van der Waals surface area contributed by atoms with Crippen LogP contribution in [0.25, 0.3) is 0 Å². The van der Waals surface area contributed by atoms with Gasteiger partial charge in [-0.2, -0.15) is 0 Å². The summed E-state index contributed by atoms with van der Waals surface area (Å²) in [5.41, 5.74) is 5.96. The van der Waals surface area contributed by atoms with E-state index in [2.05, 4.69) is 11.9 Å². The van der Waals surface area contributed by atoms with E-state index in [0.717, 1.165) is 12.1 Å². The second kappa shape index (κ2) is 7.76. The molecule has 0 aromatic carbocycles. The zero-order valence-electron chi connectivity index (χ0n) is 8.14. The Balaban J connectivity index is 3.00. The van der Waals surface area contributed by atoms with Crippen LogP contribution < -0.4 is 11.1 Å². The average molecular weight is 186 g/mol. The molecule has 0 aromatic rings. The van der Waals surface area contributed by atoms with Crippen molar-refractivity contribution in [1.29, 1.82) is 0 Å². The van der Waals surface area contributed by atoms with Gasteiger partial charge in [-0.3, -0.25) is 4.79 Å². The number of nitrogens with one attached hydrogen (secondary N) is 1. The van der Waals surface area contributed by atoms with Crippen molar-refractivity contribution >= 4 is 5.91 Å². The number of rotatable bonds is 8. The molecule has 0 spiro atoms. The standard InChI is InChI=1S/C9H18N2O2/c1-8(2)7-13-6-5-11-4-3-9(10)12/h11H,1,3-7H2,2H3,(H2,10,12). The molecule has 4 heteroatoms. The first kappa shape index (κ1) is 12.1. The molecule has 4 nitrogen and oxygen atoms in total. The molecule has 0 aromatic heterocycles. The summed E-state index contributed by atoms with van der Waals surface area (Å²) in [7, 11) is 0. The smallest absolute Gasteiger partial charge is 0.218 e. The molecule has 0 rings (SSSR count). The molecule has 0 aliphatic heterocycles. The highest BCUT2D eigenvalue weighted by molar-refractivity contribution is 5.73. The average Bonchev–Trinajstić information content (AvgIpc) is 2.01. The predicted molar refractivity (Wildman–Crippen MR) is 52.3 cm³/mol. The third-order valence-electron chi connectivity index (χ3n) is 1.32. The highest BCUT2D eigenvalue weighted by atomic mass is 16.5. The molecule has 0 aliphatic rings. The molecule has 0 unspecified atom stereocenters. The van der Waals surface area contributed by atoms with Gasteiger partial charge in [-0.15, -0.1) is 0 Å². The quantitative estimate of drug-likeness (QED) is 0.415. The summed E-state index contributed by atoms with van der Waals surface area (Å²) in [6.45, 7) is 8.20. The highest BCUT2D eigenvalue weighted by Crippen LogP contribution is 1.86. The molecule has 3 N–H and O–H groups in total. The van der Waals surface area contributed by atoms with Crippen molar-refractivity contribution in [1.82, 2.24) is 5.32 Å². The molecule has 1 amide bonds. The zero-order chi connectivity index (χ0) is 10.1. The monoisotopic (exact) mass is 186 g/mol. The number of primary amides is 1. The van der Waals surface area contributed by atoms with E-state index in [0.29, 0.717) is 26.2 Å². The van der Waals surface area contributed by atoms with Gasteiger partial charge in [0.25, 0.3) is 0 Å². The Bertz CT molecular complexity index is 151. The maximum Gasteiger partial charge on any atom is 0.218 e. The van der Waals surface area contributed by atoms with Gasteiger partial charge >= 0.3 is 0 Å². The van der Waals surface area contributed by atoms with Crippen molar-refractivity contribution in [3.05, 3.63) is 12.2 Å². The minimum absolute atomic E-state index is 0.282. The van der Waals surface area contributed by atoms with E-state index in [1.807, 2.05) is 6.92 Å². The van der Waals surface area contributed by atoms with Gasteiger partial charge < -0.3 is 15.8 Å². The molecule has 0 aliphatic carbocycles. The Hall–Kier alpha value is -0.870. The van der Waals surface area contributed by atoms with Crippen molar-refractivity contribution in [3.63, 3.8) is 0 Å². The number of hydrogen-bond donors (Lipinski definition) is 2. The van der Waals surface area contributed by atoms with Gasteiger partial charge in [0, 0.05) is 19.5 Å². The van der Waals surface area contributed by atoms with Crippen LogP contribution in [0.1, 0.15) is 13.3 Å². The molecule has 76 valence electrons. The first-order chi connectivity index (χ1) is 6.13. The zero-order valence-corrected chi connectivity index (χ0v) is 8.14. The molecule has 0 saturated carbocycles. The van der Waals surface area contributed by atoms with Gasteiger partial charge in [-0.1, -0.05) is 12.2 Å². The number of carbonyl (C=O) groups is 1. The van der Waals surface area contributed by atoms with Crippen LogP contribution in [0.4, 0.5) is 0 Å². The van der Waals surface area contributed by atoms with Crippen molar-refractivity contribution in [2.45, 2.75) is 13.3 Å². The van der Waals surface area contributed by atoms with Crippen molar-refractivity contribution in [2.75, 3.05) is 26.3 Å². The lowest BCUT2D eigenvalue weighted by Gasteiger charge is -2.04. The molecule has 13 heavy (non-hydrogen) atoms. The van der Waals surface area contributed by atoms with Crippen LogP contribution in [0, 0.1) is 0 Å². The lowest BCUT2D eigenvalue weighted by atomic mass is 10.4. The van der Waals surface area contributed by atoms with Gasteiger partial charge in [-0.25, -0.2) is 0 Å². The van der Waals surface area contributed by atoms with E-state index in [9.17, 15) is 4.79 Å². The number of ether oxygens (including phenoxy) is 1. The Kier molecular flexibility index (Phi) is 7.24. The minimum Gasteiger partial charge on any atom is -0.376 e. The molecule has 0 saturated heterocycles. The van der Waals surface area contributed by atoms with Crippen LogP contribution in [0.2, 0.25) is 0 Å². The predicted octanol–water partition coefficient (Wildman–Crippen LogP) is 0.0441. The van der Waals surface area contributed by atoms with Gasteiger partial charge in [0.05, 0.1) is 13.2 Å². The van der Waals surface area contributed by atoms with E-state index >= 15 is 0 Å². The Labute approximate surface area is 79.1 Å². The third kappa shape index (κ3) is 11.1. The summed E-state index contributed by atoms with van der Waals surface area (Å²) in [6, 6.07) is 0.